The summed E-state index contributed by atoms with van der Waals surface area (Å²) < 4.78 is 39.4. The zero-order valence-electron chi connectivity index (χ0n) is 9.94. The lowest BCUT2D eigenvalue weighted by Gasteiger charge is -2.15. The highest BCUT2D eigenvalue weighted by Crippen LogP contribution is 2.40. The summed E-state index contributed by atoms with van der Waals surface area (Å²) in [4.78, 5) is 0. The van der Waals surface area contributed by atoms with Crippen molar-refractivity contribution < 1.29 is 13.2 Å². The average molecular weight is 340 g/mol. The largest absolute Gasteiger partial charge is 0.417 e. The van der Waals surface area contributed by atoms with Crippen molar-refractivity contribution in [1.82, 2.24) is 0 Å². The smallest absolute Gasteiger partial charge is 0.166 e. The number of rotatable bonds is 2. The van der Waals surface area contributed by atoms with Crippen LogP contribution in [0.1, 0.15) is 11.1 Å². The van der Waals surface area contributed by atoms with Gasteiger partial charge in [0.05, 0.1) is 5.56 Å². The quantitative estimate of drug-likeness (QED) is 0.554. The third kappa shape index (κ3) is 3.22. The van der Waals surface area contributed by atoms with Gasteiger partial charge in [0.1, 0.15) is 0 Å². The molecule has 6 heteroatoms. The van der Waals surface area contributed by atoms with Crippen LogP contribution in [0.5, 0.6) is 0 Å². The van der Waals surface area contributed by atoms with E-state index in [0.717, 1.165) is 6.07 Å². The summed E-state index contributed by atoms with van der Waals surface area (Å²) in [5.74, 6) is 0.0116. The zero-order chi connectivity index (χ0) is 14.9. The lowest BCUT2D eigenvalue weighted by molar-refractivity contribution is -0.137. The molecular weight excluding hydrogens is 332 g/mol. The molecule has 0 nitrogen and oxygen atoms in total. The lowest BCUT2D eigenvalue weighted by atomic mass is 9.97. The van der Waals surface area contributed by atoms with Crippen LogP contribution >= 0.6 is 34.8 Å². The molecule has 0 aromatic heterocycles. The molecule has 0 saturated heterocycles. The van der Waals surface area contributed by atoms with E-state index in [2.05, 4.69) is 0 Å². The van der Waals surface area contributed by atoms with Crippen molar-refractivity contribution in [3.8, 4) is 11.1 Å². The van der Waals surface area contributed by atoms with Gasteiger partial charge >= 0.3 is 6.18 Å². The predicted octanol–water partition coefficient (Wildman–Crippen LogP) is 6.42. The molecule has 20 heavy (non-hydrogen) atoms. The van der Waals surface area contributed by atoms with Crippen molar-refractivity contribution in [3.63, 3.8) is 0 Å². The minimum Gasteiger partial charge on any atom is -0.166 e. The van der Waals surface area contributed by atoms with Crippen LogP contribution in [0.2, 0.25) is 10.0 Å². The van der Waals surface area contributed by atoms with Gasteiger partial charge in [-0.2, -0.15) is 13.2 Å². The third-order valence-corrected chi connectivity index (χ3v) is 3.62. The van der Waals surface area contributed by atoms with E-state index in [1.165, 1.54) is 24.3 Å². The molecule has 2 aromatic carbocycles. The van der Waals surface area contributed by atoms with Gasteiger partial charge in [-0.05, 0) is 29.3 Å². The molecule has 0 saturated carbocycles. The molecule has 0 bridgehead atoms. The van der Waals surface area contributed by atoms with E-state index in [-0.39, 0.29) is 22.0 Å². The topological polar surface area (TPSA) is 0 Å². The van der Waals surface area contributed by atoms with E-state index in [1.54, 1.807) is 6.07 Å². The van der Waals surface area contributed by atoms with E-state index < -0.39 is 11.7 Å². The molecule has 0 aliphatic rings. The third-order valence-electron chi connectivity index (χ3n) is 2.76. The first kappa shape index (κ1) is 15.5. The molecule has 2 rings (SSSR count). The van der Waals surface area contributed by atoms with Crippen molar-refractivity contribution >= 4 is 34.8 Å². The molecular formula is C14H8Cl3F3. The summed E-state index contributed by atoms with van der Waals surface area (Å²) in [5.41, 5.74) is -0.0785. The van der Waals surface area contributed by atoms with Crippen LogP contribution in [-0.2, 0) is 12.1 Å². The Morgan fingerprint density at radius 3 is 2.10 bits per heavy atom. The van der Waals surface area contributed by atoms with Crippen LogP contribution in [0.25, 0.3) is 11.1 Å². The summed E-state index contributed by atoms with van der Waals surface area (Å²) in [6.07, 6.45) is -4.49. The SMILES string of the molecule is FC(F)(F)c1cc(CCl)ccc1-c1ccc(Cl)cc1Cl. The summed E-state index contributed by atoms with van der Waals surface area (Å²) in [7, 11) is 0. The molecule has 0 atom stereocenters. The lowest BCUT2D eigenvalue weighted by Crippen LogP contribution is -2.08. The first-order valence-electron chi connectivity index (χ1n) is 5.54. The summed E-state index contributed by atoms with van der Waals surface area (Å²) in [6, 6.07) is 8.33. The van der Waals surface area contributed by atoms with Gasteiger partial charge < -0.3 is 0 Å². The maximum atomic E-state index is 13.1. The fraction of sp³-hybridized carbons (Fsp3) is 0.143. The minimum atomic E-state index is -4.49. The normalized spacial score (nSPS) is 11.7. The first-order chi connectivity index (χ1) is 9.32. The maximum Gasteiger partial charge on any atom is 0.417 e. The van der Waals surface area contributed by atoms with Gasteiger partial charge in [0.15, 0.2) is 0 Å². The minimum absolute atomic E-state index is 0.00744. The van der Waals surface area contributed by atoms with Gasteiger partial charge in [-0.3, -0.25) is 0 Å². The molecule has 0 radical (unpaired) electrons. The molecule has 106 valence electrons. The van der Waals surface area contributed by atoms with Crippen LogP contribution in [0.3, 0.4) is 0 Å². The van der Waals surface area contributed by atoms with Gasteiger partial charge in [0.2, 0.25) is 0 Å². The highest BCUT2D eigenvalue weighted by molar-refractivity contribution is 6.36. The molecule has 0 fully saturated rings. The molecule has 0 amide bonds. The van der Waals surface area contributed by atoms with E-state index in [1.807, 2.05) is 0 Å². The second-order valence-corrected chi connectivity index (χ2v) is 5.25. The number of benzene rings is 2. The second kappa shape index (κ2) is 5.84. The summed E-state index contributed by atoms with van der Waals surface area (Å²) in [6.45, 7) is 0. The Bertz CT molecular complexity index is 636. The van der Waals surface area contributed by atoms with Crippen LogP contribution < -0.4 is 0 Å². The van der Waals surface area contributed by atoms with E-state index in [9.17, 15) is 13.2 Å². The van der Waals surface area contributed by atoms with Crippen LogP contribution in [0.15, 0.2) is 36.4 Å². The van der Waals surface area contributed by atoms with Crippen molar-refractivity contribution in [2.75, 3.05) is 0 Å². The van der Waals surface area contributed by atoms with Crippen LogP contribution in [-0.4, -0.2) is 0 Å². The van der Waals surface area contributed by atoms with Crippen LogP contribution in [0, 0.1) is 0 Å². The average Bonchev–Trinajstić information content (AvgIpc) is 2.37. The van der Waals surface area contributed by atoms with Crippen molar-refractivity contribution in [3.05, 3.63) is 57.6 Å². The van der Waals surface area contributed by atoms with Crippen LogP contribution in [0.4, 0.5) is 13.2 Å². The summed E-state index contributed by atoms with van der Waals surface area (Å²) >= 11 is 17.3. The van der Waals surface area contributed by atoms with Crippen molar-refractivity contribution in [2.24, 2.45) is 0 Å². The van der Waals surface area contributed by atoms with Gasteiger partial charge in [-0.25, -0.2) is 0 Å². The van der Waals surface area contributed by atoms with E-state index >= 15 is 0 Å². The fourth-order valence-electron chi connectivity index (χ4n) is 1.85. The molecule has 0 heterocycles. The maximum absolute atomic E-state index is 13.1. The second-order valence-electron chi connectivity index (χ2n) is 4.14. The zero-order valence-corrected chi connectivity index (χ0v) is 12.2. The molecule has 0 N–H and O–H groups in total. The predicted molar refractivity (Wildman–Crippen MR) is 76.5 cm³/mol. The highest BCUT2D eigenvalue weighted by atomic mass is 35.5. The Hall–Kier alpha value is -0.900. The monoisotopic (exact) mass is 338 g/mol. The van der Waals surface area contributed by atoms with Gasteiger partial charge in [0.25, 0.3) is 0 Å². The molecule has 2 aromatic rings. The number of hydrogen-bond donors (Lipinski definition) is 0. The van der Waals surface area contributed by atoms with Gasteiger partial charge in [0, 0.05) is 21.5 Å². The first-order valence-corrected chi connectivity index (χ1v) is 6.83. The fourth-order valence-corrected chi connectivity index (χ4v) is 2.53. The summed E-state index contributed by atoms with van der Waals surface area (Å²) in [5, 5.41) is 0.534. The van der Waals surface area contributed by atoms with Gasteiger partial charge in [-0.1, -0.05) is 41.4 Å². The Morgan fingerprint density at radius 1 is 0.900 bits per heavy atom. The Labute approximate surface area is 129 Å². The number of alkyl halides is 4. The Morgan fingerprint density at radius 2 is 1.55 bits per heavy atom. The Kier molecular flexibility index (Phi) is 4.52. The molecule has 0 spiro atoms. The van der Waals surface area contributed by atoms with E-state index in [4.69, 9.17) is 34.8 Å². The molecule has 0 aliphatic carbocycles. The Balaban J connectivity index is 2.67. The molecule has 0 aliphatic heterocycles. The highest BCUT2D eigenvalue weighted by Gasteiger charge is 2.34. The standard InChI is InChI=1S/C14H8Cl3F3/c15-7-8-1-3-10(12(5-8)14(18,19)20)11-4-2-9(16)6-13(11)17/h1-6H,7H2. The van der Waals surface area contributed by atoms with E-state index in [0.29, 0.717) is 10.6 Å². The van der Waals surface area contributed by atoms with Crippen molar-refractivity contribution in [2.45, 2.75) is 12.1 Å². The number of hydrogen-bond acceptors (Lipinski definition) is 0. The molecule has 0 unspecified atom stereocenters. The number of halogens is 6. The van der Waals surface area contributed by atoms with Crippen molar-refractivity contribution in [1.29, 1.82) is 0 Å². The van der Waals surface area contributed by atoms with Gasteiger partial charge in [-0.15, -0.1) is 11.6 Å².